The van der Waals surface area contributed by atoms with E-state index < -0.39 is 0 Å². The summed E-state index contributed by atoms with van der Waals surface area (Å²) in [6.07, 6.45) is 11.3. The highest BCUT2D eigenvalue weighted by Gasteiger charge is 2.25. The summed E-state index contributed by atoms with van der Waals surface area (Å²) in [5, 5.41) is 0. The van der Waals surface area contributed by atoms with E-state index in [4.69, 9.17) is 0 Å². The molecule has 0 spiro atoms. The second-order valence-corrected chi connectivity index (χ2v) is 3.40. The van der Waals surface area contributed by atoms with Gasteiger partial charge >= 0.3 is 0 Å². The number of hydrogen-bond acceptors (Lipinski definition) is 1. The van der Waals surface area contributed by atoms with Crippen LogP contribution in [-0.2, 0) is 4.79 Å². The van der Waals surface area contributed by atoms with Gasteiger partial charge < -0.3 is 0 Å². The van der Waals surface area contributed by atoms with Crippen molar-refractivity contribution in [3.63, 3.8) is 0 Å². The van der Waals surface area contributed by atoms with E-state index in [0.717, 1.165) is 19.3 Å². The summed E-state index contributed by atoms with van der Waals surface area (Å²) in [5.41, 5.74) is 0. The summed E-state index contributed by atoms with van der Waals surface area (Å²) in [7, 11) is 0. The maximum Gasteiger partial charge on any atom is 0.155 e. The predicted molar refractivity (Wildman–Crippen MR) is 44.1 cm³/mol. The molecule has 0 saturated heterocycles. The van der Waals surface area contributed by atoms with Gasteiger partial charge in [0.15, 0.2) is 5.78 Å². The Hall–Kier alpha value is -0.850. The molecule has 0 amide bonds. The second kappa shape index (κ2) is 2.65. The van der Waals surface area contributed by atoms with E-state index in [1.165, 1.54) is 0 Å². The van der Waals surface area contributed by atoms with Crippen molar-refractivity contribution in [1.82, 2.24) is 0 Å². The molecule has 0 aromatic rings. The van der Waals surface area contributed by atoms with Crippen LogP contribution in [0.3, 0.4) is 0 Å². The summed E-state index contributed by atoms with van der Waals surface area (Å²) in [4.78, 5) is 11.0. The van der Waals surface area contributed by atoms with Gasteiger partial charge in [-0.05, 0) is 30.8 Å². The molecular weight excluding hydrogens is 136 g/mol. The lowest BCUT2D eigenvalue weighted by Crippen LogP contribution is -2.21. The van der Waals surface area contributed by atoms with Crippen molar-refractivity contribution >= 4 is 5.78 Å². The fourth-order valence-electron chi connectivity index (χ4n) is 1.92. The van der Waals surface area contributed by atoms with Gasteiger partial charge in [0.1, 0.15) is 0 Å². The van der Waals surface area contributed by atoms with Crippen LogP contribution in [0.25, 0.3) is 0 Å². The minimum atomic E-state index is 0.307. The Morgan fingerprint density at radius 2 is 2.09 bits per heavy atom. The van der Waals surface area contributed by atoms with Gasteiger partial charge in [-0.3, -0.25) is 4.79 Å². The van der Waals surface area contributed by atoms with Crippen LogP contribution in [0.15, 0.2) is 24.3 Å². The van der Waals surface area contributed by atoms with E-state index in [9.17, 15) is 4.79 Å². The summed E-state index contributed by atoms with van der Waals surface area (Å²) in [6.45, 7) is 0. The third kappa shape index (κ3) is 1.28. The van der Waals surface area contributed by atoms with E-state index in [-0.39, 0.29) is 0 Å². The molecule has 2 rings (SSSR count). The van der Waals surface area contributed by atoms with E-state index in [0.29, 0.717) is 17.6 Å². The maximum atomic E-state index is 11.0. The molecule has 0 heterocycles. The molecule has 0 bridgehead atoms. The minimum absolute atomic E-state index is 0.307. The van der Waals surface area contributed by atoms with Gasteiger partial charge in [0.05, 0.1) is 0 Å². The van der Waals surface area contributed by atoms with E-state index >= 15 is 0 Å². The lowest BCUT2D eigenvalue weighted by Gasteiger charge is -2.27. The van der Waals surface area contributed by atoms with Gasteiger partial charge in [-0.25, -0.2) is 0 Å². The molecule has 1 nitrogen and oxygen atoms in total. The van der Waals surface area contributed by atoms with Crippen LogP contribution >= 0.6 is 0 Å². The van der Waals surface area contributed by atoms with E-state index in [1.54, 1.807) is 6.08 Å². The molecule has 58 valence electrons. The molecule has 0 saturated carbocycles. The molecule has 1 heteroatoms. The molecule has 0 N–H and O–H groups in total. The molecule has 0 fully saturated rings. The fourth-order valence-corrected chi connectivity index (χ4v) is 1.92. The molecule has 0 aliphatic heterocycles. The van der Waals surface area contributed by atoms with Gasteiger partial charge in [0, 0.05) is 6.42 Å². The zero-order chi connectivity index (χ0) is 7.68. The number of hydrogen-bond donors (Lipinski definition) is 0. The molecule has 0 radical (unpaired) electrons. The highest BCUT2D eigenvalue weighted by Crippen LogP contribution is 2.32. The van der Waals surface area contributed by atoms with Crippen molar-refractivity contribution in [1.29, 1.82) is 0 Å². The molecule has 2 atom stereocenters. The van der Waals surface area contributed by atoms with Gasteiger partial charge in [-0.2, -0.15) is 0 Å². The minimum Gasteiger partial charge on any atom is -0.295 e. The first-order valence-corrected chi connectivity index (χ1v) is 4.22. The zero-order valence-corrected chi connectivity index (χ0v) is 6.49. The van der Waals surface area contributed by atoms with Crippen LogP contribution in [0.2, 0.25) is 0 Å². The normalized spacial score (nSPS) is 35.5. The topological polar surface area (TPSA) is 17.1 Å². The molecular formula is C10H12O. The molecule has 11 heavy (non-hydrogen) atoms. The quantitative estimate of drug-likeness (QED) is 0.481. The summed E-state index contributed by atoms with van der Waals surface area (Å²) >= 11 is 0. The maximum absolute atomic E-state index is 11.0. The van der Waals surface area contributed by atoms with Gasteiger partial charge in [-0.1, -0.05) is 18.2 Å². The van der Waals surface area contributed by atoms with Crippen LogP contribution in [-0.4, -0.2) is 5.78 Å². The first-order chi connectivity index (χ1) is 5.36. The summed E-state index contributed by atoms with van der Waals surface area (Å²) in [6, 6.07) is 0. The SMILES string of the molecule is O=C1C=C[C@H]2CC=CC[C@H]2C1. The number of rotatable bonds is 0. The second-order valence-electron chi connectivity index (χ2n) is 3.40. The van der Waals surface area contributed by atoms with Crippen molar-refractivity contribution in [2.45, 2.75) is 19.3 Å². The summed E-state index contributed by atoms with van der Waals surface area (Å²) < 4.78 is 0. The molecule has 0 unspecified atom stereocenters. The predicted octanol–water partition coefficient (Wildman–Crippen LogP) is 2.10. The Kier molecular flexibility index (Phi) is 1.65. The van der Waals surface area contributed by atoms with Crippen molar-refractivity contribution < 1.29 is 4.79 Å². The smallest absolute Gasteiger partial charge is 0.155 e. The standard InChI is InChI=1S/C10H12O/c11-10-6-5-8-3-1-2-4-9(8)7-10/h1-2,5-6,8-9H,3-4,7H2/t8-,9+/m1/s1. The average Bonchev–Trinajstić information content (AvgIpc) is 2.04. The number of ketones is 1. The highest BCUT2D eigenvalue weighted by atomic mass is 16.1. The first-order valence-electron chi connectivity index (χ1n) is 4.22. The van der Waals surface area contributed by atoms with Crippen LogP contribution < -0.4 is 0 Å². The zero-order valence-electron chi connectivity index (χ0n) is 6.49. The Labute approximate surface area is 66.8 Å². The fraction of sp³-hybridized carbons (Fsp3) is 0.500. The molecule has 0 aromatic heterocycles. The van der Waals surface area contributed by atoms with Crippen LogP contribution in [0.1, 0.15) is 19.3 Å². The van der Waals surface area contributed by atoms with E-state index in [1.807, 2.05) is 0 Å². The Balaban J connectivity index is 2.17. The van der Waals surface area contributed by atoms with Crippen molar-refractivity contribution in [3.8, 4) is 0 Å². The largest absolute Gasteiger partial charge is 0.295 e. The first kappa shape index (κ1) is 6.84. The van der Waals surface area contributed by atoms with Gasteiger partial charge in [0.2, 0.25) is 0 Å². The number of carbonyl (C=O) groups excluding carboxylic acids is 1. The van der Waals surface area contributed by atoms with Crippen molar-refractivity contribution in [3.05, 3.63) is 24.3 Å². The molecule has 0 aromatic carbocycles. The third-order valence-electron chi connectivity index (χ3n) is 2.61. The number of allylic oxidation sites excluding steroid dienone is 4. The van der Waals surface area contributed by atoms with Crippen LogP contribution in [0, 0.1) is 11.8 Å². The number of carbonyl (C=O) groups is 1. The molecule has 2 aliphatic rings. The van der Waals surface area contributed by atoms with Gasteiger partial charge in [-0.15, -0.1) is 0 Å². The van der Waals surface area contributed by atoms with Crippen molar-refractivity contribution in [2.24, 2.45) is 11.8 Å². The van der Waals surface area contributed by atoms with Gasteiger partial charge in [0.25, 0.3) is 0 Å². The highest BCUT2D eigenvalue weighted by molar-refractivity contribution is 5.90. The lowest BCUT2D eigenvalue weighted by molar-refractivity contribution is -0.116. The Morgan fingerprint density at radius 3 is 3.00 bits per heavy atom. The lowest BCUT2D eigenvalue weighted by atomic mass is 9.77. The molecule has 2 aliphatic carbocycles. The van der Waals surface area contributed by atoms with Crippen LogP contribution in [0.4, 0.5) is 0 Å². The van der Waals surface area contributed by atoms with Crippen molar-refractivity contribution in [2.75, 3.05) is 0 Å². The monoisotopic (exact) mass is 148 g/mol. The Bertz CT molecular complexity index is 225. The van der Waals surface area contributed by atoms with E-state index in [2.05, 4.69) is 18.2 Å². The van der Waals surface area contributed by atoms with Crippen LogP contribution in [0.5, 0.6) is 0 Å². The number of fused-ring (bicyclic) bond motifs is 1. The third-order valence-corrected chi connectivity index (χ3v) is 2.61. The summed E-state index contributed by atoms with van der Waals surface area (Å²) in [5.74, 6) is 1.57. The average molecular weight is 148 g/mol. The Morgan fingerprint density at radius 1 is 1.27 bits per heavy atom.